The maximum Gasteiger partial charge on any atom is 0.243 e. The smallest absolute Gasteiger partial charge is 0.243 e. The van der Waals surface area contributed by atoms with Crippen molar-refractivity contribution in [1.29, 1.82) is 0 Å². The monoisotopic (exact) mass is 246 g/mol. The number of carbonyl (C=O) groups is 1. The summed E-state index contributed by atoms with van der Waals surface area (Å²) >= 11 is 2.84. The Bertz CT molecular complexity index is 328. The van der Waals surface area contributed by atoms with Gasteiger partial charge in [0, 0.05) is 11.5 Å². The molecule has 5 nitrogen and oxygen atoms in total. The van der Waals surface area contributed by atoms with Gasteiger partial charge in [0.2, 0.25) is 11.0 Å². The number of hydrogen-bond acceptors (Lipinski definition) is 6. The van der Waals surface area contributed by atoms with Gasteiger partial charge in [0.1, 0.15) is 5.82 Å². The Morgan fingerprint density at radius 3 is 3.00 bits per heavy atom. The number of anilines is 1. The molecule has 0 bridgehead atoms. The van der Waals surface area contributed by atoms with E-state index in [4.69, 9.17) is 5.73 Å². The molecule has 0 aliphatic heterocycles. The fourth-order valence-corrected chi connectivity index (χ4v) is 1.99. The van der Waals surface area contributed by atoms with Crippen LogP contribution in [0, 0.1) is 6.92 Å². The average Bonchev–Trinajstić information content (AvgIpc) is 2.60. The lowest BCUT2D eigenvalue weighted by Gasteiger charge is -2.08. The fraction of sp³-hybridized carbons (Fsp3) is 0.625. The van der Waals surface area contributed by atoms with Crippen LogP contribution < -0.4 is 11.1 Å². The van der Waals surface area contributed by atoms with Gasteiger partial charge >= 0.3 is 0 Å². The number of amides is 1. The SMILES string of the molecule is CSCC[C@@H](N)C(=O)Nc1nc(C)ns1. The van der Waals surface area contributed by atoms with Crippen LogP contribution in [-0.2, 0) is 4.79 Å². The maximum atomic E-state index is 11.5. The van der Waals surface area contributed by atoms with E-state index in [-0.39, 0.29) is 5.91 Å². The molecule has 1 amide bonds. The Kier molecular flexibility index (Phi) is 5.00. The molecule has 15 heavy (non-hydrogen) atoms. The van der Waals surface area contributed by atoms with E-state index in [9.17, 15) is 4.79 Å². The van der Waals surface area contributed by atoms with Crippen molar-refractivity contribution in [2.75, 3.05) is 17.3 Å². The molecule has 1 heterocycles. The highest BCUT2D eigenvalue weighted by molar-refractivity contribution is 7.98. The molecule has 0 radical (unpaired) electrons. The molecule has 3 N–H and O–H groups in total. The number of carbonyl (C=O) groups excluding carboxylic acids is 1. The molecule has 0 aromatic carbocycles. The Balaban J connectivity index is 2.41. The van der Waals surface area contributed by atoms with Gasteiger partial charge < -0.3 is 5.73 Å². The zero-order valence-corrected chi connectivity index (χ0v) is 10.3. The third-order valence-electron chi connectivity index (χ3n) is 1.73. The van der Waals surface area contributed by atoms with Gasteiger partial charge in [-0.2, -0.15) is 16.1 Å². The normalized spacial score (nSPS) is 12.5. The van der Waals surface area contributed by atoms with E-state index < -0.39 is 6.04 Å². The molecule has 0 aliphatic carbocycles. The molecule has 7 heteroatoms. The first kappa shape index (κ1) is 12.4. The summed E-state index contributed by atoms with van der Waals surface area (Å²) < 4.78 is 3.96. The summed E-state index contributed by atoms with van der Waals surface area (Å²) in [5.41, 5.74) is 5.69. The molecular weight excluding hydrogens is 232 g/mol. The van der Waals surface area contributed by atoms with Crippen LogP contribution in [0.4, 0.5) is 5.13 Å². The number of aryl methyl sites for hydroxylation is 1. The van der Waals surface area contributed by atoms with Crippen LogP contribution in [0.3, 0.4) is 0 Å². The molecular formula is C8H14N4OS2. The molecule has 84 valence electrons. The van der Waals surface area contributed by atoms with Crippen LogP contribution in [0.25, 0.3) is 0 Å². The summed E-state index contributed by atoms with van der Waals surface area (Å²) in [4.78, 5) is 15.5. The van der Waals surface area contributed by atoms with Crippen molar-refractivity contribution in [3.05, 3.63) is 5.82 Å². The van der Waals surface area contributed by atoms with Gasteiger partial charge in [-0.15, -0.1) is 0 Å². The van der Waals surface area contributed by atoms with Crippen molar-refractivity contribution in [3.63, 3.8) is 0 Å². The van der Waals surface area contributed by atoms with Crippen LogP contribution in [0.1, 0.15) is 12.2 Å². The molecule has 0 fully saturated rings. The minimum atomic E-state index is -0.471. The third-order valence-corrected chi connectivity index (χ3v) is 3.09. The lowest BCUT2D eigenvalue weighted by Crippen LogP contribution is -2.36. The van der Waals surface area contributed by atoms with E-state index in [1.807, 2.05) is 6.26 Å². The summed E-state index contributed by atoms with van der Waals surface area (Å²) in [6.07, 6.45) is 2.66. The second-order valence-corrected chi connectivity index (χ2v) is 4.76. The van der Waals surface area contributed by atoms with Crippen molar-refractivity contribution in [2.24, 2.45) is 5.73 Å². The predicted octanol–water partition coefficient (Wildman–Crippen LogP) is 0.865. The quantitative estimate of drug-likeness (QED) is 0.805. The summed E-state index contributed by atoms with van der Waals surface area (Å²) in [7, 11) is 0. The highest BCUT2D eigenvalue weighted by Crippen LogP contribution is 2.10. The van der Waals surface area contributed by atoms with Gasteiger partial charge in [0.15, 0.2) is 0 Å². The standard InChI is InChI=1S/C8H14N4OS2/c1-5-10-8(15-12-5)11-7(13)6(9)3-4-14-2/h6H,3-4,9H2,1-2H3,(H,10,11,12,13)/t6-/m1/s1. The number of nitrogens with one attached hydrogen (secondary N) is 1. The van der Waals surface area contributed by atoms with E-state index >= 15 is 0 Å². The van der Waals surface area contributed by atoms with E-state index in [2.05, 4.69) is 14.7 Å². The minimum Gasteiger partial charge on any atom is -0.320 e. The van der Waals surface area contributed by atoms with Crippen molar-refractivity contribution in [2.45, 2.75) is 19.4 Å². The summed E-state index contributed by atoms with van der Waals surface area (Å²) in [6, 6.07) is -0.471. The van der Waals surface area contributed by atoms with Crippen LogP contribution in [0.15, 0.2) is 0 Å². The molecule has 1 aromatic heterocycles. The van der Waals surface area contributed by atoms with E-state index in [0.717, 1.165) is 5.75 Å². The second-order valence-electron chi connectivity index (χ2n) is 3.02. The van der Waals surface area contributed by atoms with Crippen LogP contribution in [0.2, 0.25) is 0 Å². The van der Waals surface area contributed by atoms with E-state index in [0.29, 0.717) is 17.4 Å². The number of nitrogens with two attached hydrogens (primary N) is 1. The lowest BCUT2D eigenvalue weighted by atomic mass is 10.2. The van der Waals surface area contributed by atoms with Crippen LogP contribution >= 0.6 is 23.3 Å². The number of aromatic nitrogens is 2. The Labute approximate surface area is 97.0 Å². The molecule has 0 saturated carbocycles. The van der Waals surface area contributed by atoms with Crippen molar-refractivity contribution in [3.8, 4) is 0 Å². The molecule has 1 aromatic rings. The number of nitrogens with zero attached hydrogens (tertiary/aromatic N) is 2. The average molecular weight is 246 g/mol. The minimum absolute atomic E-state index is 0.194. The zero-order valence-electron chi connectivity index (χ0n) is 8.69. The fourth-order valence-electron chi connectivity index (χ4n) is 0.922. The molecule has 0 aliphatic rings. The van der Waals surface area contributed by atoms with E-state index in [1.165, 1.54) is 11.5 Å². The van der Waals surface area contributed by atoms with Gasteiger partial charge in [0.05, 0.1) is 6.04 Å². The van der Waals surface area contributed by atoms with Crippen molar-refractivity contribution >= 4 is 34.3 Å². The van der Waals surface area contributed by atoms with Gasteiger partial charge in [-0.05, 0) is 25.4 Å². The van der Waals surface area contributed by atoms with Gasteiger partial charge in [0.25, 0.3) is 0 Å². The van der Waals surface area contributed by atoms with Crippen LogP contribution in [-0.4, -0.2) is 33.3 Å². The largest absolute Gasteiger partial charge is 0.320 e. The number of thioether (sulfide) groups is 1. The Hall–Kier alpha value is -0.660. The number of rotatable bonds is 5. The summed E-state index contributed by atoms with van der Waals surface area (Å²) in [6.45, 7) is 1.78. The molecule has 0 spiro atoms. The van der Waals surface area contributed by atoms with Crippen molar-refractivity contribution in [1.82, 2.24) is 9.36 Å². The zero-order chi connectivity index (χ0) is 11.3. The molecule has 1 atom stereocenters. The van der Waals surface area contributed by atoms with Crippen molar-refractivity contribution < 1.29 is 4.79 Å². The first-order valence-corrected chi connectivity index (χ1v) is 6.66. The Morgan fingerprint density at radius 2 is 2.47 bits per heavy atom. The highest BCUT2D eigenvalue weighted by Gasteiger charge is 2.14. The van der Waals surface area contributed by atoms with Gasteiger partial charge in [-0.3, -0.25) is 10.1 Å². The third kappa shape index (κ3) is 4.15. The lowest BCUT2D eigenvalue weighted by molar-refractivity contribution is -0.117. The second kappa shape index (κ2) is 6.04. The first-order chi connectivity index (χ1) is 7.13. The van der Waals surface area contributed by atoms with E-state index in [1.54, 1.807) is 18.7 Å². The highest BCUT2D eigenvalue weighted by atomic mass is 32.2. The van der Waals surface area contributed by atoms with Gasteiger partial charge in [-0.25, -0.2) is 4.98 Å². The summed E-state index contributed by atoms with van der Waals surface area (Å²) in [5, 5.41) is 3.15. The van der Waals surface area contributed by atoms with Gasteiger partial charge in [-0.1, -0.05) is 0 Å². The maximum absolute atomic E-state index is 11.5. The molecule has 0 unspecified atom stereocenters. The Morgan fingerprint density at radius 1 is 1.73 bits per heavy atom. The summed E-state index contributed by atoms with van der Waals surface area (Å²) in [5.74, 6) is 1.34. The molecule has 0 saturated heterocycles. The predicted molar refractivity (Wildman–Crippen MR) is 64.3 cm³/mol. The number of hydrogen-bond donors (Lipinski definition) is 2. The molecule has 1 rings (SSSR count). The first-order valence-electron chi connectivity index (χ1n) is 4.49. The van der Waals surface area contributed by atoms with Crippen LogP contribution in [0.5, 0.6) is 0 Å². The topological polar surface area (TPSA) is 80.9 Å².